The number of hydrogen-bond donors (Lipinski definition) is 2. The van der Waals surface area contributed by atoms with Crippen molar-refractivity contribution in [2.24, 2.45) is 15.9 Å². The van der Waals surface area contributed by atoms with Gasteiger partial charge in [0, 0.05) is 6.54 Å². The first-order chi connectivity index (χ1) is 11.7. The highest BCUT2D eigenvalue weighted by Gasteiger charge is 2.37. The van der Waals surface area contributed by atoms with Crippen LogP contribution in [-0.2, 0) is 0 Å². The van der Waals surface area contributed by atoms with Crippen LogP contribution in [0.2, 0.25) is 0 Å². The Morgan fingerprint density at radius 2 is 2.12 bits per heavy atom. The van der Waals surface area contributed by atoms with E-state index in [1.54, 1.807) is 0 Å². The minimum Gasteiger partial charge on any atom is -0.313 e. The van der Waals surface area contributed by atoms with Crippen LogP contribution < -0.4 is 10.7 Å². The van der Waals surface area contributed by atoms with Crippen LogP contribution in [-0.4, -0.2) is 35.7 Å². The first-order valence-electron chi connectivity index (χ1n) is 8.26. The van der Waals surface area contributed by atoms with E-state index in [0.717, 1.165) is 29.2 Å². The molecule has 0 bridgehead atoms. The average Bonchev–Trinajstić information content (AvgIpc) is 2.87. The Balaban J connectivity index is 2.10. The molecule has 2 aliphatic rings. The van der Waals surface area contributed by atoms with Crippen LogP contribution in [0.5, 0.6) is 0 Å². The lowest BCUT2D eigenvalue weighted by atomic mass is 10.00. The minimum atomic E-state index is 0.146. The van der Waals surface area contributed by atoms with Crippen molar-refractivity contribution in [1.29, 1.82) is 5.26 Å². The van der Waals surface area contributed by atoms with Gasteiger partial charge in [0.1, 0.15) is 5.70 Å². The first kappa shape index (κ1) is 16.2. The number of hydrogen-bond acceptors (Lipinski definition) is 6. The van der Waals surface area contributed by atoms with E-state index in [1.807, 2.05) is 36.5 Å². The third-order valence-electron chi connectivity index (χ3n) is 4.26. The van der Waals surface area contributed by atoms with Gasteiger partial charge in [-0.25, -0.2) is 5.01 Å². The van der Waals surface area contributed by atoms with Gasteiger partial charge in [-0.2, -0.15) is 5.26 Å². The van der Waals surface area contributed by atoms with Gasteiger partial charge in [0.15, 0.2) is 12.0 Å². The number of aliphatic imine (C=N–C) groups is 2. The molecular formula is C18H22N6. The van der Waals surface area contributed by atoms with Gasteiger partial charge in [0.05, 0.1) is 24.0 Å². The molecule has 24 heavy (non-hydrogen) atoms. The third-order valence-corrected chi connectivity index (χ3v) is 4.26. The Bertz CT molecular complexity index is 739. The number of nitrogens with zero attached hydrogens (tertiary/aromatic N) is 4. The van der Waals surface area contributed by atoms with E-state index < -0.39 is 0 Å². The van der Waals surface area contributed by atoms with Crippen LogP contribution in [0.3, 0.4) is 0 Å². The molecule has 0 aromatic heterocycles. The summed E-state index contributed by atoms with van der Waals surface area (Å²) in [5.74, 6) is 0.941. The molecule has 2 aliphatic heterocycles. The normalized spacial score (nSPS) is 20.7. The zero-order valence-corrected chi connectivity index (χ0v) is 14.2. The molecule has 0 fully saturated rings. The second-order valence-corrected chi connectivity index (χ2v) is 6.17. The second kappa shape index (κ2) is 6.85. The van der Waals surface area contributed by atoms with Crippen molar-refractivity contribution in [1.82, 2.24) is 15.8 Å². The summed E-state index contributed by atoms with van der Waals surface area (Å²) in [6, 6.07) is 10.2. The molecule has 1 aromatic carbocycles. The highest BCUT2D eigenvalue weighted by atomic mass is 15.6. The molecule has 6 nitrogen and oxygen atoms in total. The Labute approximate surface area is 142 Å². The molecule has 1 atom stereocenters. The van der Waals surface area contributed by atoms with Crippen molar-refractivity contribution in [3.05, 3.63) is 47.3 Å². The van der Waals surface area contributed by atoms with Crippen molar-refractivity contribution in [3.8, 4) is 6.19 Å². The number of amidine groups is 1. The Morgan fingerprint density at radius 3 is 2.75 bits per heavy atom. The molecule has 0 saturated carbocycles. The Hall–Kier alpha value is -2.65. The maximum Gasteiger partial charge on any atom is 0.182 e. The van der Waals surface area contributed by atoms with Gasteiger partial charge < -0.3 is 5.43 Å². The van der Waals surface area contributed by atoms with Gasteiger partial charge in [-0.05, 0) is 11.5 Å². The van der Waals surface area contributed by atoms with E-state index in [2.05, 4.69) is 41.5 Å². The van der Waals surface area contributed by atoms with Gasteiger partial charge >= 0.3 is 0 Å². The largest absolute Gasteiger partial charge is 0.313 e. The fourth-order valence-electron chi connectivity index (χ4n) is 3.17. The number of benzene rings is 1. The monoisotopic (exact) mass is 322 g/mol. The molecule has 0 saturated heterocycles. The predicted octanol–water partition coefficient (Wildman–Crippen LogP) is 2.03. The number of nitriles is 1. The number of hydrazine groups is 1. The summed E-state index contributed by atoms with van der Waals surface area (Å²) in [5.41, 5.74) is 7.12. The van der Waals surface area contributed by atoms with Crippen molar-refractivity contribution < 1.29 is 0 Å². The highest BCUT2D eigenvalue weighted by molar-refractivity contribution is 6.08. The maximum absolute atomic E-state index is 9.07. The van der Waals surface area contributed by atoms with E-state index in [9.17, 15) is 0 Å². The van der Waals surface area contributed by atoms with E-state index in [1.165, 1.54) is 0 Å². The van der Waals surface area contributed by atoms with Crippen LogP contribution >= 0.6 is 0 Å². The van der Waals surface area contributed by atoms with Crippen LogP contribution in [0, 0.1) is 17.4 Å². The quantitative estimate of drug-likeness (QED) is 0.659. The smallest absolute Gasteiger partial charge is 0.182 e. The number of likely N-dealkylation sites (N-methyl/N-ethyl adjacent to an activating group) is 1. The molecule has 2 heterocycles. The lowest BCUT2D eigenvalue weighted by Gasteiger charge is -2.27. The lowest BCUT2D eigenvalue weighted by Crippen LogP contribution is -2.43. The zero-order valence-electron chi connectivity index (χ0n) is 14.2. The van der Waals surface area contributed by atoms with E-state index in [0.29, 0.717) is 18.3 Å². The third kappa shape index (κ3) is 2.91. The minimum absolute atomic E-state index is 0.146. The number of nitrogens with one attached hydrogen (secondary N) is 2. The summed E-state index contributed by atoms with van der Waals surface area (Å²) >= 11 is 0. The molecule has 1 unspecified atom stereocenters. The van der Waals surface area contributed by atoms with Gasteiger partial charge in [0.2, 0.25) is 0 Å². The highest BCUT2D eigenvalue weighted by Crippen LogP contribution is 2.29. The van der Waals surface area contributed by atoms with E-state index in [-0.39, 0.29) is 6.04 Å². The molecule has 6 heteroatoms. The SMILES string of the molecule is CCN1NC2=C(N=C(c3ccccc3)CN=C2NC#N)C1C(C)C. The summed E-state index contributed by atoms with van der Waals surface area (Å²) in [6.45, 7) is 7.75. The van der Waals surface area contributed by atoms with Gasteiger partial charge in [-0.3, -0.25) is 15.3 Å². The Morgan fingerprint density at radius 1 is 1.38 bits per heavy atom. The molecule has 0 aliphatic carbocycles. The fraction of sp³-hybridized carbons (Fsp3) is 0.389. The van der Waals surface area contributed by atoms with Crippen LogP contribution in [0.1, 0.15) is 26.3 Å². The molecule has 1 aromatic rings. The van der Waals surface area contributed by atoms with Gasteiger partial charge in [-0.15, -0.1) is 0 Å². The molecule has 124 valence electrons. The summed E-state index contributed by atoms with van der Waals surface area (Å²) in [5, 5.41) is 13.9. The van der Waals surface area contributed by atoms with E-state index in [4.69, 9.17) is 10.3 Å². The topological polar surface area (TPSA) is 75.8 Å². The van der Waals surface area contributed by atoms with Crippen LogP contribution in [0.25, 0.3) is 0 Å². The zero-order chi connectivity index (χ0) is 17.1. The van der Waals surface area contributed by atoms with Crippen molar-refractivity contribution in [3.63, 3.8) is 0 Å². The Kier molecular flexibility index (Phi) is 4.63. The molecule has 0 amide bonds. The van der Waals surface area contributed by atoms with Crippen LogP contribution in [0.15, 0.2) is 51.7 Å². The first-order valence-corrected chi connectivity index (χ1v) is 8.26. The van der Waals surface area contributed by atoms with Crippen molar-refractivity contribution in [2.45, 2.75) is 26.8 Å². The maximum atomic E-state index is 9.07. The fourth-order valence-corrected chi connectivity index (χ4v) is 3.17. The van der Waals surface area contributed by atoms with Crippen molar-refractivity contribution >= 4 is 11.5 Å². The lowest BCUT2D eigenvalue weighted by molar-refractivity contribution is 0.168. The van der Waals surface area contributed by atoms with Crippen molar-refractivity contribution in [2.75, 3.05) is 13.1 Å². The van der Waals surface area contributed by atoms with Gasteiger partial charge in [-0.1, -0.05) is 51.1 Å². The average molecular weight is 322 g/mol. The standard InChI is InChI=1S/C18H22N6/c1-4-24-17(12(2)3)15-16(23-24)18(21-11-19)20-10-14(22-15)13-8-6-5-7-9-13/h5-9,12,17,23H,4,10H2,1-3H3,(H,20,21). The van der Waals surface area contributed by atoms with Gasteiger partial charge in [0.25, 0.3) is 0 Å². The summed E-state index contributed by atoms with van der Waals surface area (Å²) in [7, 11) is 0. The van der Waals surface area contributed by atoms with Crippen LogP contribution in [0.4, 0.5) is 0 Å². The molecule has 0 radical (unpaired) electrons. The summed E-state index contributed by atoms with van der Waals surface area (Å²) in [4.78, 5) is 9.55. The number of rotatable bonds is 3. The molecule has 3 rings (SSSR count). The molecule has 0 spiro atoms. The molecular weight excluding hydrogens is 300 g/mol. The second-order valence-electron chi connectivity index (χ2n) is 6.17. The predicted molar refractivity (Wildman–Crippen MR) is 95.2 cm³/mol. The van der Waals surface area contributed by atoms with E-state index >= 15 is 0 Å². The summed E-state index contributed by atoms with van der Waals surface area (Å²) < 4.78 is 0. The summed E-state index contributed by atoms with van der Waals surface area (Å²) in [6.07, 6.45) is 1.98. The molecule has 2 N–H and O–H groups in total.